The SMILES string of the molecule is CCC(CC)c1ccnc(-c2ccc3c(c2)oc2nc(-c4ccccc4)ccc23)c1. The second-order valence-electron chi connectivity index (χ2n) is 7.72. The summed E-state index contributed by atoms with van der Waals surface area (Å²) in [7, 11) is 0. The molecule has 5 aromatic rings. The van der Waals surface area contributed by atoms with Gasteiger partial charge in [-0.2, -0.15) is 0 Å². The maximum absolute atomic E-state index is 6.16. The van der Waals surface area contributed by atoms with Crippen LogP contribution >= 0.6 is 0 Å². The van der Waals surface area contributed by atoms with Gasteiger partial charge in [-0.05, 0) is 60.7 Å². The molecular formula is C27H24N2O. The van der Waals surface area contributed by atoms with Crippen LogP contribution in [-0.2, 0) is 0 Å². The van der Waals surface area contributed by atoms with Crippen LogP contribution < -0.4 is 0 Å². The average Bonchev–Trinajstić information content (AvgIpc) is 3.17. The van der Waals surface area contributed by atoms with Gasteiger partial charge in [0, 0.05) is 28.1 Å². The van der Waals surface area contributed by atoms with Gasteiger partial charge in [0.15, 0.2) is 0 Å². The fourth-order valence-electron chi connectivity index (χ4n) is 4.20. The van der Waals surface area contributed by atoms with Crippen molar-refractivity contribution < 1.29 is 4.42 Å². The van der Waals surface area contributed by atoms with E-state index in [-0.39, 0.29) is 0 Å². The number of aromatic nitrogens is 2. The zero-order valence-corrected chi connectivity index (χ0v) is 17.3. The Labute approximate surface area is 176 Å². The zero-order chi connectivity index (χ0) is 20.5. The van der Waals surface area contributed by atoms with E-state index < -0.39 is 0 Å². The standard InChI is InChI=1S/C27H24N2O/c1-3-18(4-2)20-14-15-28-25(16-20)21-10-11-22-23-12-13-24(19-8-6-5-7-9-19)29-27(23)30-26(22)17-21/h5-18H,3-4H2,1-2H3. The van der Waals surface area contributed by atoms with Crippen molar-refractivity contribution in [3.8, 4) is 22.5 Å². The quantitative estimate of drug-likeness (QED) is 0.309. The Hall–Kier alpha value is -3.46. The molecule has 0 spiro atoms. The summed E-state index contributed by atoms with van der Waals surface area (Å²) in [6, 6.07) is 25.0. The van der Waals surface area contributed by atoms with Crippen molar-refractivity contribution in [2.45, 2.75) is 32.6 Å². The number of benzene rings is 2. The van der Waals surface area contributed by atoms with Crippen LogP contribution in [0.25, 0.3) is 44.6 Å². The van der Waals surface area contributed by atoms with E-state index in [1.54, 1.807) is 0 Å². The van der Waals surface area contributed by atoms with Crippen molar-refractivity contribution in [3.63, 3.8) is 0 Å². The Morgan fingerprint density at radius 1 is 0.767 bits per heavy atom. The summed E-state index contributed by atoms with van der Waals surface area (Å²) in [6.45, 7) is 4.48. The van der Waals surface area contributed by atoms with Crippen LogP contribution in [0.15, 0.2) is 83.4 Å². The minimum Gasteiger partial charge on any atom is -0.438 e. The molecule has 0 saturated carbocycles. The molecule has 3 nitrogen and oxygen atoms in total. The van der Waals surface area contributed by atoms with E-state index in [0.717, 1.165) is 51.7 Å². The molecule has 3 aromatic heterocycles. The Morgan fingerprint density at radius 2 is 1.57 bits per heavy atom. The molecule has 0 radical (unpaired) electrons. The number of nitrogens with zero attached hydrogens (tertiary/aromatic N) is 2. The second-order valence-corrected chi connectivity index (χ2v) is 7.72. The lowest BCUT2D eigenvalue weighted by atomic mass is 9.93. The molecule has 0 bridgehead atoms. The third-order valence-corrected chi connectivity index (χ3v) is 5.95. The topological polar surface area (TPSA) is 38.9 Å². The normalized spacial score (nSPS) is 11.6. The van der Waals surface area contributed by atoms with Gasteiger partial charge in [-0.3, -0.25) is 4.98 Å². The first-order valence-electron chi connectivity index (χ1n) is 10.6. The first-order chi connectivity index (χ1) is 14.8. The summed E-state index contributed by atoms with van der Waals surface area (Å²) in [5, 5.41) is 2.12. The van der Waals surface area contributed by atoms with Crippen LogP contribution in [-0.4, -0.2) is 9.97 Å². The molecule has 0 saturated heterocycles. The molecule has 0 fully saturated rings. The smallest absolute Gasteiger partial charge is 0.227 e. The maximum Gasteiger partial charge on any atom is 0.227 e. The van der Waals surface area contributed by atoms with Crippen molar-refractivity contribution in [3.05, 3.63) is 84.6 Å². The average molecular weight is 393 g/mol. The molecule has 0 atom stereocenters. The van der Waals surface area contributed by atoms with E-state index in [9.17, 15) is 0 Å². The van der Waals surface area contributed by atoms with Crippen molar-refractivity contribution >= 4 is 22.1 Å². The third kappa shape index (κ3) is 3.26. The lowest BCUT2D eigenvalue weighted by molar-refractivity contribution is 0.641. The number of hydrogen-bond acceptors (Lipinski definition) is 3. The van der Waals surface area contributed by atoms with Gasteiger partial charge >= 0.3 is 0 Å². The minimum absolute atomic E-state index is 0.572. The predicted octanol–water partition coefficient (Wildman–Crippen LogP) is 7.61. The number of rotatable bonds is 5. The van der Waals surface area contributed by atoms with Crippen LogP contribution in [0.5, 0.6) is 0 Å². The van der Waals surface area contributed by atoms with Crippen LogP contribution in [0, 0.1) is 0 Å². The highest BCUT2D eigenvalue weighted by Crippen LogP contribution is 2.33. The fourth-order valence-corrected chi connectivity index (χ4v) is 4.20. The number of hydrogen-bond donors (Lipinski definition) is 0. The van der Waals surface area contributed by atoms with Gasteiger partial charge in [-0.25, -0.2) is 4.98 Å². The monoisotopic (exact) mass is 392 g/mol. The number of fused-ring (bicyclic) bond motifs is 3. The molecule has 2 aromatic carbocycles. The summed E-state index contributed by atoms with van der Waals surface area (Å²) >= 11 is 0. The van der Waals surface area contributed by atoms with Crippen LogP contribution in [0.2, 0.25) is 0 Å². The molecule has 3 heterocycles. The highest BCUT2D eigenvalue weighted by Gasteiger charge is 2.13. The highest BCUT2D eigenvalue weighted by atomic mass is 16.3. The van der Waals surface area contributed by atoms with Gasteiger partial charge in [0.05, 0.1) is 11.4 Å². The Morgan fingerprint density at radius 3 is 2.37 bits per heavy atom. The van der Waals surface area contributed by atoms with Crippen LogP contribution in [0.1, 0.15) is 38.2 Å². The van der Waals surface area contributed by atoms with Crippen molar-refractivity contribution in [1.29, 1.82) is 0 Å². The molecule has 30 heavy (non-hydrogen) atoms. The summed E-state index contributed by atoms with van der Waals surface area (Å²) < 4.78 is 6.16. The zero-order valence-electron chi connectivity index (χ0n) is 17.3. The summed E-state index contributed by atoms with van der Waals surface area (Å²) in [6.07, 6.45) is 4.19. The summed E-state index contributed by atoms with van der Waals surface area (Å²) in [4.78, 5) is 9.38. The van der Waals surface area contributed by atoms with Gasteiger partial charge in [0.25, 0.3) is 0 Å². The maximum atomic E-state index is 6.16. The van der Waals surface area contributed by atoms with E-state index >= 15 is 0 Å². The van der Waals surface area contributed by atoms with Crippen LogP contribution in [0.4, 0.5) is 0 Å². The first kappa shape index (κ1) is 18.6. The van der Waals surface area contributed by atoms with E-state index in [2.05, 4.69) is 73.4 Å². The van der Waals surface area contributed by atoms with Gasteiger partial charge in [0.1, 0.15) is 5.58 Å². The van der Waals surface area contributed by atoms with Crippen LogP contribution in [0.3, 0.4) is 0 Å². The summed E-state index contributed by atoms with van der Waals surface area (Å²) in [5.41, 5.74) is 6.92. The first-order valence-corrected chi connectivity index (χ1v) is 10.6. The van der Waals surface area contributed by atoms with Crippen molar-refractivity contribution in [2.75, 3.05) is 0 Å². The van der Waals surface area contributed by atoms with E-state index in [1.165, 1.54) is 5.56 Å². The highest BCUT2D eigenvalue weighted by molar-refractivity contribution is 6.05. The lowest BCUT2D eigenvalue weighted by Crippen LogP contribution is -1.96. The van der Waals surface area contributed by atoms with Crippen molar-refractivity contribution in [1.82, 2.24) is 9.97 Å². The molecule has 0 unspecified atom stereocenters. The summed E-state index contributed by atoms with van der Waals surface area (Å²) in [5.74, 6) is 0.572. The largest absolute Gasteiger partial charge is 0.438 e. The van der Waals surface area contributed by atoms with Gasteiger partial charge in [0.2, 0.25) is 5.71 Å². The predicted molar refractivity (Wildman–Crippen MR) is 124 cm³/mol. The second kappa shape index (κ2) is 7.75. The van der Waals surface area contributed by atoms with E-state index in [1.807, 2.05) is 24.4 Å². The molecule has 0 N–H and O–H groups in total. The molecule has 5 rings (SSSR count). The fraction of sp³-hybridized carbons (Fsp3) is 0.185. The van der Waals surface area contributed by atoms with Crippen molar-refractivity contribution in [2.24, 2.45) is 0 Å². The molecule has 0 aliphatic carbocycles. The minimum atomic E-state index is 0.572. The third-order valence-electron chi connectivity index (χ3n) is 5.95. The Kier molecular flexibility index (Phi) is 4.80. The molecule has 0 amide bonds. The molecule has 3 heteroatoms. The van der Waals surface area contributed by atoms with E-state index in [0.29, 0.717) is 11.6 Å². The number of furan rings is 1. The Balaban J connectivity index is 1.58. The van der Waals surface area contributed by atoms with Gasteiger partial charge in [-0.15, -0.1) is 0 Å². The molecular weight excluding hydrogens is 368 g/mol. The Bertz CT molecular complexity index is 1320. The molecule has 0 aliphatic heterocycles. The van der Waals surface area contributed by atoms with E-state index in [4.69, 9.17) is 9.40 Å². The van der Waals surface area contributed by atoms with Gasteiger partial charge in [-0.1, -0.05) is 50.2 Å². The van der Waals surface area contributed by atoms with Gasteiger partial charge < -0.3 is 4.42 Å². The number of pyridine rings is 2. The molecule has 148 valence electrons. The lowest BCUT2D eigenvalue weighted by Gasteiger charge is -2.13. The molecule has 0 aliphatic rings.